The topological polar surface area (TPSA) is 71.2 Å². The Hall–Kier alpha value is -1.72. The highest BCUT2D eigenvalue weighted by atomic mass is 16.5. The normalized spacial score (nSPS) is 12.6. The minimum atomic E-state index is 0.0406. The molecule has 22 heavy (non-hydrogen) atoms. The molecule has 0 unspecified atom stereocenters. The van der Waals surface area contributed by atoms with Gasteiger partial charge in [0.1, 0.15) is 0 Å². The van der Waals surface area contributed by atoms with Crippen molar-refractivity contribution in [3.05, 3.63) is 45.6 Å². The first-order chi connectivity index (χ1) is 10.5. The molecule has 1 atom stereocenters. The van der Waals surface area contributed by atoms with Gasteiger partial charge in [-0.2, -0.15) is 4.98 Å². The minimum absolute atomic E-state index is 0.0406. The Morgan fingerprint density at radius 3 is 2.41 bits per heavy atom. The summed E-state index contributed by atoms with van der Waals surface area (Å²) >= 11 is 0. The van der Waals surface area contributed by atoms with Gasteiger partial charge in [-0.15, -0.1) is 0 Å². The summed E-state index contributed by atoms with van der Waals surface area (Å²) in [7, 11) is 0. The molecule has 1 aromatic carbocycles. The van der Waals surface area contributed by atoms with Gasteiger partial charge in [0.15, 0.2) is 5.82 Å². The molecule has 1 heterocycles. The van der Waals surface area contributed by atoms with Crippen LogP contribution in [0.4, 0.5) is 0 Å². The first kappa shape index (κ1) is 16.6. The molecular weight excluding hydrogens is 278 g/mol. The number of nitrogens with one attached hydrogen (secondary N) is 1. The molecule has 0 bridgehead atoms. The molecule has 0 aliphatic heterocycles. The molecular formula is C17H25N3O2. The number of aliphatic hydroxyl groups excluding tert-OH is 1. The van der Waals surface area contributed by atoms with Crippen LogP contribution >= 0.6 is 0 Å². The monoisotopic (exact) mass is 303 g/mol. The molecule has 0 aliphatic carbocycles. The van der Waals surface area contributed by atoms with Crippen molar-refractivity contribution in [2.24, 2.45) is 0 Å². The van der Waals surface area contributed by atoms with E-state index >= 15 is 0 Å². The number of aryl methyl sites for hydroxylation is 3. The van der Waals surface area contributed by atoms with Gasteiger partial charge < -0.3 is 14.9 Å². The van der Waals surface area contributed by atoms with Gasteiger partial charge in [-0.1, -0.05) is 18.1 Å². The SMILES string of the molecule is CC[C@H](NCc1c(C)cc(C)c(CO)c1C)c1nc(C)no1. The zero-order valence-electron chi connectivity index (χ0n) is 14.0. The molecule has 0 amide bonds. The molecule has 0 spiro atoms. The predicted molar refractivity (Wildman–Crippen MR) is 85.5 cm³/mol. The summed E-state index contributed by atoms with van der Waals surface area (Å²) in [6.45, 7) is 10.9. The zero-order valence-corrected chi connectivity index (χ0v) is 14.0. The van der Waals surface area contributed by atoms with Crippen molar-refractivity contribution in [1.82, 2.24) is 15.5 Å². The van der Waals surface area contributed by atoms with Crippen molar-refractivity contribution >= 4 is 0 Å². The molecule has 2 aromatic rings. The molecule has 2 rings (SSSR count). The molecule has 0 radical (unpaired) electrons. The van der Waals surface area contributed by atoms with Crippen molar-refractivity contribution in [1.29, 1.82) is 0 Å². The van der Waals surface area contributed by atoms with E-state index in [4.69, 9.17) is 4.52 Å². The van der Waals surface area contributed by atoms with E-state index in [0.717, 1.165) is 23.1 Å². The van der Waals surface area contributed by atoms with Gasteiger partial charge in [0.05, 0.1) is 12.6 Å². The van der Waals surface area contributed by atoms with Gasteiger partial charge in [0.25, 0.3) is 0 Å². The Balaban J connectivity index is 2.20. The number of hydrogen-bond donors (Lipinski definition) is 2. The van der Waals surface area contributed by atoms with Gasteiger partial charge in [0, 0.05) is 6.54 Å². The van der Waals surface area contributed by atoms with Crippen LogP contribution in [0.25, 0.3) is 0 Å². The second-order valence-electron chi connectivity index (χ2n) is 5.77. The molecule has 1 aromatic heterocycles. The van der Waals surface area contributed by atoms with E-state index in [1.807, 2.05) is 13.8 Å². The maximum Gasteiger partial charge on any atom is 0.243 e. The number of hydrogen-bond acceptors (Lipinski definition) is 5. The van der Waals surface area contributed by atoms with Gasteiger partial charge >= 0.3 is 0 Å². The summed E-state index contributed by atoms with van der Waals surface area (Å²) in [4.78, 5) is 4.31. The lowest BCUT2D eigenvalue weighted by Crippen LogP contribution is -2.22. The van der Waals surface area contributed by atoms with E-state index in [1.54, 1.807) is 0 Å². The summed E-state index contributed by atoms with van der Waals surface area (Å²) in [6, 6.07) is 2.17. The highest BCUT2D eigenvalue weighted by molar-refractivity contribution is 5.44. The number of aromatic nitrogens is 2. The molecule has 5 heteroatoms. The van der Waals surface area contributed by atoms with Crippen molar-refractivity contribution in [3.8, 4) is 0 Å². The van der Waals surface area contributed by atoms with E-state index < -0.39 is 0 Å². The molecule has 2 N–H and O–H groups in total. The summed E-state index contributed by atoms with van der Waals surface area (Å²) < 4.78 is 5.27. The number of nitrogens with zero attached hydrogens (tertiary/aromatic N) is 2. The first-order valence-electron chi connectivity index (χ1n) is 7.70. The first-order valence-corrected chi connectivity index (χ1v) is 7.70. The van der Waals surface area contributed by atoms with E-state index in [-0.39, 0.29) is 12.6 Å². The van der Waals surface area contributed by atoms with Crippen LogP contribution in [-0.2, 0) is 13.2 Å². The average molecular weight is 303 g/mol. The van der Waals surface area contributed by atoms with Crippen molar-refractivity contribution in [2.45, 2.75) is 60.2 Å². The number of benzene rings is 1. The fraction of sp³-hybridized carbons (Fsp3) is 0.529. The lowest BCUT2D eigenvalue weighted by Gasteiger charge is -2.19. The molecule has 0 aliphatic rings. The van der Waals surface area contributed by atoms with E-state index in [0.29, 0.717) is 18.3 Å². The molecule has 0 saturated heterocycles. The third-order valence-corrected chi connectivity index (χ3v) is 4.22. The Bertz CT molecular complexity index is 650. The standard InChI is InChI=1S/C17H25N3O2/c1-6-16(17-19-13(5)20-22-17)18-8-14-10(2)7-11(3)15(9-21)12(14)4/h7,16,18,21H,6,8-9H2,1-5H3/t16-/m0/s1. The van der Waals surface area contributed by atoms with Crippen LogP contribution in [0, 0.1) is 27.7 Å². The summed E-state index contributed by atoms with van der Waals surface area (Å²) in [5.41, 5.74) is 5.77. The van der Waals surface area contributed by atoms with Crippen molar-refractivity contribution < 1.29 is 9.63 Å². The maximum absolute atomic E-state index is 9.57. The second-order valence-corrected chi connectivity index (χ2v) is 5.77. The molecule has 120 valence electrons. The molecule has 0 saturated carbocycles. The second kappa shape index (κ2) is 7.03. The smallest absolute Gasteiger partial charge is 0.243 e. The Labute approximate surface area is 131 Å². The van der Waals surface area contributed by atoms with E-state index in [1.165, 1.54) is 11.1 Å². The average Bonchev–Trinajstić information content (AvgIpc) is 2.89. The lowest BCUT2D eigenvalue weighted by molar-refractivity contribution is 0.280. The van der Waals surface area contributed by atoms with Gasteiger partial charge in [-0.05, 0) is 61.9 Å². The van der Waals surface area contributed by atoms with Crippen molar-refractivity contribution in [3.63, 3.8) is 0 Å². The fourth-order valence-corrected chi connectivity index (χ4v) is 2.87. The maximum atomic E-state index is 9.57. The van der Waals surface area contributed by atoms with Gasteiger partial charge in [0.2, 0.25) is 5.89 Å². The van der Waals surface area contributed by atoms with Crippen molar-refractivity contribution in [2.75, 3.05) is 0 Å². The minimum Gasteiger partial charge on any atom is -0.392 e. The molecule has 0 fully saturated rings. The quantitative estimate of drug-likeness (QED) is 0.858. The number of rotatable bonds is 6. The van der Waals surface area contributed by atoms with Crippen LogP contribution in [0.15, 0.2) is 10.6 Å². The lowest BCUT2D eigenvalue weighted by atomic mass is 9.93. The zero-order chi connectivity index (χ0) is 16.3. The fourth-order valence-electron chi connectivity index (χ4n) is 2.87. The third-order valence-electron chi connectivity index (χ3n) is 4.22. The highest BCUT2D eigenvalue weighted by Crippen LogP contribution is 2.24. The van der Waals surface area contributed by atoms with Crippen LogP contribution < -0.4 is 5.32 Å². The highest BCUT2D eigenvalue weighted by Gasteiger charge is 2.17. The van der Waals surface area contributed by atoms with Gasteiger partial charge in [-0.25, -0.2) is 0 Å². The summed E-state index contributed by atoms with van der Waals surface area (Å²) in [5, 5.41) is 16.9. The summed E-state index contributed by atoms with van der Waals surface area (Å²) in [6.07, 6.45) is 0.873. The van der Waals surface area contributed by atoms with Crippen LogP contribution in [0.2, 0.25) is 0 Å². The van der Waals surface area contributed by atoms with Crippen LogP contribution in [0.1, 0.15) is 58.9 Å². The van der Waals surface area contributed by atoms with Gasteiger partial charge in [-0.3, -0.25) is 0 Å². The van der Waals surface area contributed by atoms with E-state index in [9.17, 15) is 5.11 Å². The summed E-state index contributed by atoms with van der Waals surface area (Å²) in [5.74, 6) is 1.28. The van der Waals surface area contributed by atoms with E-state index in [2.05, 4.69) is 42.3 Å². The third kappa shape index (κ3) is 3.36. The predicted octanol–water partition coefficient (Wildman–Crippen LogP) is 3.04. The number of aliphatic hydroxyl groups is 1. The Morgan fingerprint density at radius 1 is 1.18 bits per heavy atom. The Kier molecular flexibility index (Phi) is 5.32. The largest absolute Gasteiger partial charge is 0.392 e. The Morgan fingerprint density at radius 2 is 1.86 bits per heavy atom. The molecule has 5 nitrogen and oxygen atoms in total. The van der Waals surface area contributed by atoms with Crippen LogP contribution in [0.5, 0.6) is 0 Å². The van der Waals surface area contributed by atoms with Crippen LogP contribution in [0.3, 0.4) is 0 Å². The van der Waals surface area contributed by atoms with Crippen LogP contribution in [-0.4, -0.2) is 15.2 Å².